The molecule has 0 amide bonds. The van der Waals surface area contributed by atoms with E-state index in [1.807, 2.05) is 42.1 Å². The second kappa shape index (κ2) is 7.82. The normalized spacial score (nSPS) is 13.9. The summed E-state index contributed by atoms with van der Waals surface area (Å²) < 4.78 is 12.7. The standard InChI is InChI=1S/C21H23N3O3/c1-16(25)12-23(14-18-5-8-20-21(11-18)27-15-26-20)13-17-3-6-19(7-4-17)24-10-2-9-22-24/h2-11,16,25H,12-15H2,1H3/t16-/m0/s1. The number of fused-ring (bicyclic) bond motifs is 1. The number of aromatic nitrogens is 2. The topological polar surface area (TPSA) is 59.8 Å². The lowest BCUT2D eigenvalue weighted by Gasteiger charge is -2.24. The van der Waals surface area contributed by atoms with Crippen LogP contribution in [0, 0.1) is 0 Å². The van der Waals surface area contributed by atoms with Gasteiger partial charge in [0.2, 0.25) is 6.79 Å². The Kier molecular flexibility index (Phi) is 5.09. The molecule has 0 saturated heterocycles. The first-order chi connectivity index (χ1) is 13.2. The lowest BCUT2D eigenvalue weighted by Crippen LogP contribution is -2.30. The highest BCUT2D eigenvalue weighted by Gasteiger charge is 2.16. The third-order valence-corrected chi connectivity index (χ3v) is 4.48. The largest absolute Gasteiger partial charge is 0.454 e. The summed E-state index contributed by atoms with van der Waals surface area (Å²) in [6, 6.07) is 16.2. The molecule has 2 heterocycles. The van der Waals surface area contributed by atoms with Gasteiger partial charge in [0.05, 0.1) is 11.8 Å². The summed E-state index contributed by atoms with van der Waals surface area (Å²) >= 11 is 0. The van der Waals surface area contributed by atoms with Crippen LogP contribution >= 0.6 is 0 Å². The van der Waals surface area contributed by atoms with E-state index in [1.165, 1.54) is 5.56 Å². The van der Waals surface area contributed by atoms with Crippen molar-refractivity contribution < 1.29 is 14.6 Å². The zero-order chi connectivity index (χ0) is 18.6. The third-order valence-electron chi connectivity index (χ3n) is 4.48. The minimum Gasteiger partial charge on any atom is -0.454 e. The molecule has 2 aromatic carbocycles. The molecule has 27 heavy (non-hydrogen) atoms. The molecule has 0 aliphatic carbocycles. The number of ether oxygens (including phenoxy) is 2. The second-order valence-corrected chi connectivity index (χ2v) is 6.82. The number of aliphatic hydroxyl groups is 1. The van der Waals surface area contributed by atoms with E-state index in [0.29, 0.717) is 6.54 Å². The fourth-order valence-electron chi connectivity index (χ4n) is 3.29. The molecule has 0 unspecified atom stereocenters. The van der Waals surface area contributed by atoms with E-state index in [2.05, 4.69) is 34.3 Å². The van der Waals surface area contributed by atoms with Gasteiger partial charge >= 0.3 is 0 Å². The van der Waals surface area contributed by atoms with Gasteiger partial charge in [-0.3, -0.25) is 4.90 Å². The van der Waals surface area contributed by atoms with Gasteiger partial charge in [0.25, 0.3) is 0 Å². The van der Waals surface area contributed by atoms with Crippen molar-refractivity contribution in [3.8, 4) is 17.2 Å². The summed E-state index contributed by atoms with van der Waals surface area (Å²) in [5, 5.41) is 14.2. The van der Waals surface area contributed by atoms with Crippen molar-refractivity contribution in [3.63, 3.8) is 0 Å². The van der Waals surface area contributed by atoms with E-state index >= 15 is 0 Å². The van der Waals surface area contributed by atoms with Crippen LogP contribution in [-0.2, 0) is 13.1 Å². The Labute approximate surface area is 158 Å². The minimum absolute atomic E-state index is 0.277. The van der Waals surface area contributed by atoms with Gasteiger partial charge < -0.3 is 14.6 Å². The zero-order valence-electron chi connectivity index (χ0n) is 15.3. The molecule has 0 spiro atoms. The quantitative estimate of drug-likeness (QED) is 0.698. The Bertz CT molecular complexity index is 876. The molecule has 1 N–H and O–H groups in total. The predicted molar refractivity (Wildman–Crippen MR) is 102 cm³/mol. The highest BCUT2D eigenvalue weighted by molar-refractivity contribution is 5.44. The average Bonchev–Trinajstić information content (AvgIpc) is 3.33. The summed E-state index contributed by atoms with van der Waals surface area (Å²) in [6.07, 6.45) is 3.29. The van der Waals surface area contributed by atoms with Crippen molar-refractivity contribution in [2.45, 2.75) is 26.1 Å². The highest BCUT2D eigenvalue weighted by atomic mass is 16.7. The van der Waals surface area contributed by atoms with E-state index in [9.17, 15) is 5.11 Å². The smallest absolute Gasteiger partial charge is 0.231 e. The van der Waals surface area contributed by atoms with Crippen molar-refractivity contribution in [3.05, 3.63) is 72.1 Å². The van der Waals surface area contributed by atoms with E-state index in [-0.39, 0.29) is 6.79 Å². The third kappa shape index (κ3) is 4.30. The molecule has 140 valence electrons. The van der Waals surface area contributed by atoms with Gasteiger partial charge in [-0.05, 0) is 48.4 Å². The molecule has 0 bridgehead atoms. The molecule has 6 heteroatoms. The second-order valence-electron chi connectivity index (χ2n) is 6.82. The van der Waals surface area contributed by atoms with E-state index in [0.717, 1.165) is 35.8 Å². The molecule has 0 saturated carbocycles. The summed E-state index contributed by atoms with van der Waals surface area (Å²) in [7, 11) is 0. The zero-order valence-corrected chi connectivity index (χ0v) is 15.3. The summed E-state index contributed by atoms with van der Waals surface area (Å²) in [5.41, 5.74) is 3.35. The summed E-state index contributed by atoms with van der Waals surface area (Å²) in [4.78, 5) is 2.23. The molecule has 1 atom stereocenters. The van der Waals surface area contributed by atoms with Crippen LogP contribution in [0.5, 0.6) is 11.5 Å². The number of aliphatic hydroxyl groups excluding tert-OH is 1. The van der Waals surface area contributed by atoms with Crippen molar-refractivity contribution in [1.82, 2.24) is 14.7 Å². The van der Waals surface area contributed by atoms with Gasteiger partial charge in [0, 0.05) is 32.0 Å². The average molecular weight is 365 g/mol. The minimum atomic E-state index is -0.401. The predicted octanol–water partition coefficient (Wildman–Crippen LogP) is 2.98. The van der Waals surface area contributed by atoms with Gasteiger partial charge in [0.15, 0.2) is 11.5 Å². The number of hydrogen-bond acceptors (Lipinski definition) is 5. The van der Waals surface area contributed by atoms with E-state index < -0.39 is 6.10 Å². The maximum atomic E-state index is 9.90. The van der Waals surface area contributed by atoms with Crippen LogP contribution in [0.3, 0.4) is 0 Å². The van der Waals surface area contributed by atoms with Crippen LogP contribution in [0.1, 0.15) is 18.1 Å². The molecule has 3 aromatic rings. The van der Waals surface area contributed by atoms with Crippen LogP contribution in [0.15, 0.2) is 60.9 Å². The number of rotatable bonds is 7. The fraction of sp³-hybridized carbons (Fsp3) is 0.286. The monoisotopic (exact) mass is 365 g/mol. The van der Waals surface area contributed by atoms with Crippen molar-refractivity contribution in [2.24, 2.45) is 0 Å². The Hall–Kier alpha value is -2.83. The fourth-order valence-corrected chi connectivity index (χ4v) is 3.29. The van der Waals surface area contributed by atoms with Crippen molar-refractivity contribution in [2.75, 3.05) is 13.3 Å². The Balaban J connectivity index is 1.47. The van der Waals surface area contributed by atoms with Gasteiger partial charge in [-0.25, -0.2) is 4.68 Å². The molecular formula is C21H23N3O3. The Morgan fingerprint density at radius 2 is 1.81 bits per heavy atom. The van der Waals surface area contributed by atoms with Gasteiger partial charge in [-0.15, -0.1) is 0 Å². The highest BCUT2D eigenvalue weighted by Crippen LogP contribution is 2.33. The van der Waals surface area contributed by atoms with Gasteiger partial charge in [0.1, 0.15) is 0 Å². The van der Waals surface area contributed by atoms with Crippen molar-refractivity contribution in [1.29, 1.82) is 0 Å². The van der Waals surface area contributed by atoms with Crippen LogP contribution in [0.4, 0.5) is 0 Å². The molecule has 6 nitrogen and oxygen atoms in total. The van der Waals surface area contributed by atoms with Crippen LogP contribution < -0.4 is 9.47 Å². The molecule has 1 aliphatic rings. The lowest BCUT2D eigenvalue weighted by atomic mass is 10.1. The maximum absolute atomic E-state index is 9.90. The molecule has 1 aliphatic heterocycles. The first kappa shape index (κ1) is 17.6. The van der Waals surface area contributed by atoms with Gasteiger partial charge in [-0.1, -0.05) is 18.2 Å². The summed E-state index contributed by atoms with van der Waals surface area (Å²) in [6.45, 7) is 4.16. The summed E-state index contributed by atoms with van der Waals surface area (Å²) in [5.74, 6) is 1.57. The molecule has 0 fully saturated rings. The first-order valence-electron chi connectivity index (χ1n) is 9.05. The van der Waals surface area contributed by atoms with Crippen LogP contribution in [-0.4, -0.2) is 39.2 Å². The maximum Gasteiger partial charge on any atom is 0.231 e. The van der Waals surface area contributed by atoms with Crippen molar-refractivity contribution >= 4 is 0 Å². The van der Waals surface area contributed by atoms with Gasteiger partial charge in [-0.2, -0.15) is 5.10 Å². The number of benzene rings is 2. The van der Waals surface area contributed by atoms with E-state index in [1.54, 1.807) is 6.20 Å². The lowest BCUT2D eigenvalue weighted by molar-refractivity contribution is 0.118. The number of hydrogen-bond donors (Lipinski definition) is 1. The molecular weight excluding hydrogens is 342 g/mol. The molecule has 1 aromatic heterocycles. The number of nitrogens with zero attached hydrogens (tertiary/aromatic N) is 3. The van der Waals surface area contributed by atoms with E-state index in [4.69, 9.17) is 9.47 Å². The van der Waals surface area contributed by atoms with Crippen LogP contribution in [0.25, 0.3) is 5.69 Å². The first-order valence-corrected chi connectivity index (χ1v) is 9.05. The Morgan fingerprint density at radius 3 is 2.56 bits per heavy atom. The van der Waals surface area contributed by atoms with Crippen LogP contribution in [0.2, 0.25) is 0 Å². The molecule has 4 rings (SSSR count). The Morgan fingerprint density at radius 1 is 1.07 bits per heavy atom. The molecule has 0 radical (unpaired) electrons. The SMILES string of the molecule is C[C@H](O)CN(Cc1ccc(-n2cccn2)cc1)Cc1ccc2c(c1)OCO2.